The van der Waals surface area contributed by atoms with Crippen LogP contribution in [-0.4, -0.2) is 30.1 Å². The summed E-state index contributed by atoms with van der Waals surface area (Å²) in [6.07, 6.45) is 14.5. The van der Waals surface area contributed by atoms with Gasteiger partial charge in [0, 0.05) is 18.8 Å². The van der Waals surface area contributed by atoms with E-state index in [4.69, 9.17) is 0 Å². The number of carbonyl (C=O) groups is 2. The molecule has 2 saturated carbocycles. The first kappa shape index (κ1) is 20.9. The molecule has 4 atom stereocenters. The molecular weight excluding hydrogens is 328 g/mol. The normalized spacial score (nSPS) is 29.4. The van der Waals surface area contributed by atoms with Crippen molar-refractivity contribution in [3.05, 3.63) is 23.8 Å². The zero-order valence-electron chi connectivity index (χ0n) is 16.3. The maximum absolute atomic E-state index is 12.0. The molecule has 2 rings (SSSR count). The predicted molar refractivity (Wildman–Crippen MR) is 103 cm³/mol. The van der Waals surface area contributed by atoms with E-state index >= 15 is 0 Å². The molecule has 4 nitrogen and oxygen atoms in total. The molecule has 0 spiro atoms. The number of ketones is 1. The van der Waals surface area contributed by atoms with Crippen molar-refractivity contribution in [1.82, 2.24) is 0 Å². The van der Waals surface area contributed by atoms with Gasteiger partial charge in [0.25, 0.3) is 0 Å². The first-order valence-electron chi connectivity index (χ1n) is 10.2. The summed E-state index contributed by atoms with van der Waals surface area (Å²) in [4.78, 5) is 23.1. The number of aliphatic hydroxyl groups excluding tert-OH is 1. The van der Waals surface area contributed by atoms with Crippen molar-refractivity contribution in [2.75, 3.05) is 7.11 Å². The highest BCUT2D eigenvalue weighted by atomic mass is 16.5. The Bertz CT molecular complexity index is 534. The molecule has 2 aliphatic carbocycles. The smallest absolute Gasteiger partial charge is 0.305 e. The summed E-state index contributed by atoms with van der Waals surface area (Å²) in [5, 5.41) is 10.4. The average molecular weight is 363 g/mol. The minimum absolute atomic E-state index is 0.107. The quantitative estimate of drug-likeness (QED) is 0.271. The molecule has 0 aliphatic heterocycles. The molecule has 0 saturated heterocycles. The number of hydrogen-bond donors (Lipinski definition) is 1. The molecule has 2 aliphatic rings. The second kappa shape index (κ2) is 10.7. The van der Waals surface area contributed by atoms with Crippen LogP contribution in [-0.2, 0) is 14.3 Å². The van der Waals surface area contributed by atoms with Gasteiger partial charge in [-0.25, -0.2) is 0 Å². The number of unbranched alkanes of at least 4 members (excludes halogenated alkanes) is 3. The van der Waals surface area contributed by atoms with Crippen LogP contribution in [0.5, 0.6) is 0 Å². The Morgan fingerprint density at radius 1 is 1.19 bits per heavy atom. The van der Waals surface area contributed by atoms with Crippen molar-refractivity contribution in [3.8, 4) is 0 Å². The number of methoxy groups -OCH3 is 1. The lowest BCUT2D eigenvalue weighted by molar-refractivity contribution is -0.140. The van der Waals surface area contributed by atoms with E-state index in [1.807, 2.05) is 6.08 Å². The lowest BCUT2D eigenvalue weighted by Gasteiger charge is -2.16. The van der Waals surface area contributed by atoms with Crippen molar-refractivity contribution in [1.29, 1.82) is 0 Å². The zero-order valence-corrected chi connectivity index (χ0v) is 16.3. The van der Waals surface area contributed by atoms with E-state index in [0.29, 0.717) is 24.7 Å². The van der Waals surface area contributed by atoms with E-state index in [-0.39, 0.29) is 23.8 Å². The topological polar surface area (TPSA) is 63.6 Å². The molecule has 0 radical (unpaired) electrons. The molecule has 0 aromatic rings. The number of aliphatic hydroxyl groups is 1. The van der Waals surface area contributed by atoms with Gasteiger partial charge in [-0.1, -0.05) is 37.5 Å². The average Bonchev–Trinajstić information content (AvgIpc) is 3.13. The molecule has 26 heavy (non-hydrogen) atoms. The second-order valence-electron chi connectivity index (χ2n) is 7.83. The van der Waals surface area contributed by atoms with Gasteiger partial charge in [0.1, 0.15) is 0 Å². The monoisotopic (exact) mass is 362 g/mol. The summed E-state index contributed by atoms with van der Waals surface area (Å²) in [5.41, 5.74) is 1.45. The summed E-state index contributed by atoms with van der Waals surface area (Å²) < 4.78 is 4.66. The maximum atomic E-state index is 12.0. The lowest BCUT2D eigenvalue weighted by atomic mass is 9.90. The molecule has 0 amide bonds. The molecular formula is C22H34O4. The highest BCUT2D eigenvalue weighted by Crippen LogP contribution is 2.50. The van der Waals surface area contributed by atoms with Gasteiger partial charge >= 0.3 is 5.97 Å². The van der Waals surface area contributed by atoms with Gasteiger partial charge in [0.15, 0.2) is 5.78 Å². The van der Waals surface area contributed by atoms with Crippen LogP contribution in [0.3, 0.4) is 0 Å². The van der Waals surface area contributed by atoms with Gasteiger partial charge in [0.2, 0.25) is 0 Å². The minimum Gasteiger partial charge on any atom is -0.469 e. The number of ether oxygens (including phenoxy) is 1. The number of hydrogen-bond acceptors (Lipinski definition) is 4. The van der Waals surface area contributed by atoms with Gasteiger partial charge in [-0.2, -0.15) is 0 Å². The molecule has 146 valence electrons. The van der Waals surface area contributed by atoms with E-state index in [2.05, 4.69) is 17.7 Å². The largest absolute Gasteiger partial charge is 0.469 e. The van der Waals surface area contributed by atoms with E-state index in [1.165, 1.54) is 12.7 Å². The van der Waals surface area contributed by atoms with E-state index in [9.17, 15) is 14.7 Å². The van der Waals surface area contributed by atoms with Crippen molar-refractivity contribution < 1.29 is 19.4 Å². The van der Waals surface area contributed by atoms with E-state index in [0.717, 1.165) is 51.4 Å². The summed E-state index contributed by atoms with van der Waals surface area (Å²) >= 11 is 0. The first-order valence-corrected chi connectivity index (χ1v) is 10.2. The lowest BCUT2D eigenvalue weighted by Crippen LogP contribution is -2.17. The van der Waals surface area contributed by atoms with Crippen LogP contribution < -0.4 is 0 Å². The fraction of sp³-hybridized carbons (Fsp3) is 0.727. The van der Waals surface area contributed by atoms with Gasteiger partial charge in [-0.15, -0.1) is 0 Å². The Kier molecular flexibility index (Phi) is 8.56. The predicted octanol–water partition coefficient (Wildman–Crippen LogP) is 4.37. The van der Waals surface area contributed by atoms with Crippen molar-refractivity contribution in [2.24, 2.45) is 17.8 Å². The first-order chi connectivity index (χ1) is 12.5. The second-order valence-corrected chi connectivity index (χ2v) is 7.83. The van der Waals surface area contributed by atoms with Crippen LogP contribution in [0.25, 0.3) is 0 Å². The Hall–Kier alpha value is -1.42. The molecule has 0 aromatic carbocycles. The molecule has 0 bridgehead atoms. The Morgan fingerprint density at radius 3 is 2.73 bits per heavy atom. The molecule has 0 aromatic heterocycles. The number of carbonyl (C=O) groups excluding carboxylic acids is 2. The van der Waals surface area contributed by atoms with Gasteiger partial charge in [-0.3, -0.25) is 9.59 Å². The van der Waals surface area contributed by atoms with Crippen molar-refractivity contribution in [2.45, 2.75) is 77.2 Å². The third kappa shape index (κ3) is 6.08. The summed E-state index contributed by atoms with van der Waals surface area (Å²) in [6, 6.07) is 0. The summed E-state index contributed by atoms with van der Waals surface area (Å²) in [5.74, 6) is 1.13. The van der Waals surface area contributed by atoms with E-state index in [1.54, 1.807) is 6.08 Å². The number of allylic oxidation sites excluding steroid dienone is 3. The van der Waals surface area contributed by atoms with Crippen LogP contribution in [0, 0.1) is 17.8 Å². The van der Waals surface area contributed by atoms with Crippen LogP contribution in [0.1, 0.15) is 71.1 Å². The van der Waals surface area contributed by atoms with Gasteiger partial charge < -0.3 is 9.84 Å². The molecule has 0 heterocycles. The third-order valence-corrected chi connectivity index (χ3v) is 5.89. The van der Waals surface area contributed by atoms with Crippen LogP contribution in [0.2, 0.25) is 0 Å². The van der Waals surface area contributed by atoms with Crippen LogP contribution >= 0.6 is 0 Å². The fourth-order valence-corrected chi connectivity index (χ4v) is 4.45. The number of rotatable bonds is 10. The molecule has 0 unspecified atom stereocenters. The maximum Gasteiger partial charge on any atom is 0.305 e. The Balaban J connectivity index is 1.82. The number of fused-ring (bicyclic) bond motifs is 1. The van der Waals surface area contributed by atoms with Crippen molar-refractivity contribution in [3.63, 3.8) is 0 Å². The molecule has 2 fully saturated rings. The van der Waals surface area contributed by atoms with Gasteiger partial charge in [-0.05, 0) is 56.4 Å². The van der Waals surface area contributed by atoms with Crippen LogP contribution in [0.4, 0.5) is 0 Å². The minimum atomic E-state index is -0.314. The Labute approximate surface area is 157 Å². The molecule has 4 heteroatoms. The van der Waals surface area contributed by atoms with Gasteiger partial charge in [0.05, 0.1) is 13.2 Å². The van der Waals surface area contributed by atoms with E-state index < -0.39 is 0 Å². The van der Waals surface area contributed by atoms with Crippen LogP contribution in [0.15, 0.2) is 23.8 Å². The highest BCUT2D eigenvalue weighted by molar-refractivity contribution is 5.89. The zero-order chi connectivity index (χ0) is 18.9. The summed E-state index contributed by atoms with van der Waals surface area (Å²) in [7, 11) is 1.42. The third-order valence-electron chi connectivity index (χ3n) is 5.89. The summed E-state index contributed by atoms with van der Waals surface area (Å²) in [6.45, 7) is 2.13. The Morgan fingerprint density at radius 2 is 2.00 bits per heavy atom. The highest BCUT2D eigenvalue weighted by Gasteiger charge is 2.44. The fourth-order valence-electron chi connectivity index (χ4n) is 4.45. The standard InChI is InChI=1S/C22H34O4/c1-3-4-5-9-18(23)11-12-19-20-14-16(13-17(20)15-21(19)24)8-6-7-10-22(25)26-2/h8,11-12,17,19-21,24H,3-7,9-10,13-15H2,1-2H3/b12-11+,16-8+/t17-,19+,20-,21+/m0/s1. The molecule has 1 N–H and O–H groups in total. The van der Waals surface area contributed by atoms with Crippen molar-refractivity contribution >= 4 is 11.8 Å². The number of esters is 1. The SMILES string of the molecule is CCCCCC(=O)/C=C/[C@@H]1[C@H]2C/C(=C/CCCC(=O)OC)C[C@H]2C[C@H]1O.